The van der Waals surface area contributed by atoms with Gasteiger partial charge in [-0.1, -0.05) is 0 Å². The van der Waals surface area contributed by atoms with Gasteiger partial charge in [0, 0.05) is 43.3 Å². The third-order valence-corrected chi connectivity index (χ3v) is 7.56. The Morgan fingerprint density at radius 2 is 2.17 bits per heavy atom. The fourth-order valence-corrected chi connectivity index (χ4v) is 5.75. The van der Waals surface area contributed by atoms with E-state index in [4.69, 9.17) is 4.74 Å². The SMILES string of the molecule is CO/C=C/C1C2CN(c3cc(C(F)(F)F)nc(N4CC[C@@H]4C)n3)CC12c1nccs1. The largest absolute Gasteiger partial charge is 0.505 e. The van der Waals surface area contributed by atoms with Crippen LogP contribution in [0.1, 0.15) is 24.0 Å². The number of ether oxygens (including phenoxy) is 1. The lowest BCUT2D eigenvalue weighted by Gasteiger charge is -2.39. The summed E-state index contributed by atoms with van der Waals surface area (Å²) < 4.78 is 45.7. The molecule has 4 atom stereocenters. The molecule has 2 saturated heterocycles. The van der Waals surface area contributed by atoms with Crippen molar-refractivity contribution in [3.05, 3.63) is 40.7 Å². The first kappa shape index (κ1) is 19.6. The number of alkyl halides is 3. The van der Waals surface area contributed by atoms with Crippen LogP contribution in [0.25, 0.3) is 0 Å². The Bertz CT molecular complexity index is 966. The Balaban J connectivity index is 1.48. The summed E-state index contributed by atoms with van der Waals surface area (Å²) in [5, 5.41) is 2.96. The smallest absolute Gasteiger partial charge is 0.433 e. The molecule has 1 aliphatic carbocycles. The second kappa shape index (κ2) is 6.83. The zero-order valence-corrected chi connectivity index (χ0v) is 17.5. The molecule has 0 N–H and O–H groups in total. The maximum Gasteiger partial charge on any atom is 0.433 e. The molecule has 3 unspecified atom stereocenters. The lowest BCUT2D eigenvalue weighted by atomic mass is 10.0. The number of hydrogen-bond donors (Lipinski definition) is 0. The van der Waals surface area contributed by atoms with E-state index < -0.39 is 11.9 Å². The van der Waals surface area contributed by atoms with E-state index in [1.807, 2.05) is 28.2 Å². The number of nitrogens with zero attached hydrogens (tertiary/aromatic N) is 5. The van der Waals surface area contributed by atoms with Gasteiger partial charge in [-0.3, -0.25) is 0 Å². The van der Waals surface area contributed by atoms with Crippen molar-refractivity contribution < 1.29 is 17.9 Å². The molecule has 10 heteroatoms. The Hall–Kier alpha value is -2.36. The third kappa shape index (κ3) is 2.95. The molecule has 0 aromatic carbocycles. The highest BCUT2D eigenvalue weighted by Gasteiger charge is 2.70. The van der Waals surface area contributed by atoms with E-state index in [1.54, 1.807) is 30.9 Å². The zero-order valence-electron chi connectivity index (χ0n) is 16.6. The van der Waals surface area contributed by atoms with Crippen LogP contribution in [0.4, 0.5) is 24.9 Å². The van der Waals surface area contributed by atoms with Crippen LogP contribution < -0.4 is 9.80 Å². The topological polar surface area (TPSA) is 54.4 Å². The van der Waals surface area contributed by atoms with Gasteiger partial charge in [0.1, 0.15) is 10.8 Å². The van der Waals surface area contributed by atoms with Crippen LogP contribution in [0, 0.1) is 11.8 Å². The molecule has 5 rings (SSSR count). The van der Waals surface area contributed by atoms with Gasteiger partial charge < -0.3 is 14.5 Å². The summed E-state index contributed by atoms with van der Waals surface area (Å²) in [6, 6.07) is 1.23. The average Bonchev–Trinajstić information content (AvgIpc) is 3.11. The van der Waals surface area contributed by atoms with Crippen molar-refractivity contribution >= 4 is 23.1 Å². The van der Waals surface area contributed by atoms with Crippen LogP contribution in [-0.2, 0) is 16.3 Å². The van der Waals surface area contributed by atoms with Crippen LogP contribution >= 0.6 is 11.3 Å². The second-order valence-electron chi connectivity index (χ2n) is 8.19. The maximum atomic E-state index is 13.5. The Morgan fingerprint density at radius 3 is 2.77 bits per heavy atom. The number of thiazole rings is 1. The number of anilines is 2. The number of rotatable bonds is 5. The summed E-state index contributed by atoms with van der Waals surface area (Å²) in [5.74, 6) is 1.03. The van der Waals surface area contributed by atoms with E-state index in [2.05, 4.69) is 15.0 Å². The molecular formula is C20H22F3N5OS. The Labute approximate surface area is 176 Å². The Kier molecular flexibility index (Phi) is 4.46. The third-order valence-electron chi connectivity index (χ3n) is 6.59. The molecule has 0 amide bonds. The summed E-state index contributed by atoms with van der Waals surface area (Å²) in [7, 11) is 1.61. The number of aromatic nitrogens is 3. The molecule has 160 valence electrons. The highest BCUT2D eigenvalue weighted by Crippen LogP contribution is 2.65. The number of fused-ring (bicyclic) bond motifs is 1. The minimum Gasteiger partial charge on any atom is -0.505 e. The summed E-state index contributed by atoms with van der Waals surface area (Å²) in [4.78, 5) is 16.7. The fraction of sp³-hybridized carbons (Fsp3) is 0.550. The molecule has 3 aliphatic rings. The maximum absolute atomic E-state index is 13.5. The first-order chi connectivity index (χ1) is 14.3. The molecule has 0 spiro atoms. The van der Waals surface area contributed by atoms with E-state index in [9.17, 15) is 13.2 Å². The van der Waals surface area contributed by atoms with Crippen molar-refractivity contribution in [3.63, 3.8) is 0 Å². The van der Waals surface area contributed by atoms with E-state index in [0.717, 1.165) is 17.5 Å². The van der Waals surface area contributed by atoms with E-state index in [-0.39, 0.29) is 29.2 Å². The van der Waals surface area contributed by atoms with Gasteiger partial charge in [-0.2, -0.15) is 18.2 Å². The molecule has 2 aromatic heterocycles. The van der Waals surface area contributed by atoms with Gasteiger partial charge in [-0.15, -0.1) is 11.3 Å². The van der Waals surface area contributed by atoms with Crippen LogP contribution in [-0.4, -0.2) is 47.7 Å². The van der Waals surface area contributed by atoms with Gasteiger partial charge in [0.25, 0.3) is 0 Å². The predicted molar refractivity (Wildman–Crippen MR) is 108 cm³/mol. The highest BCUT2D eigenvalue weighted by molar-refractivity contribution is 7.09. The van der Waals surface area contributed by atoms with Crippen molar-refractivity contribution in [2.45, 2.75) is 31.0 Å². The predicted octanol–water partition coefficient (Wildman–Crippen LogP) is 3.71. The molecule has 0 bridgehead atoms. The fourth-order valence-electron chi connectivity index (χ4n) is 4.80. The number of methoxy groups -OCH3 is 1. The molecule has 3 fully saturated rings. The van der Waals surface area contributed by atoms with Crippen LogP contribution in [0.15, 0.2) is 30.0 Å². The van der Waals surface area contributed by atoms with Gasteiger partial charge >= 0.3 is 6.18 Å². The average molecular weight is 437 g/mol. The van der Waals surface area contributed by atoms with E-state index >= 15 is 0 Å². The Morgan fingerprint density at radius 1 is 1.33 bits per heavy atom. The van der Waals surface area contributed by atoms with Gasteiger partial charge in [0.15, 0.2) is 5.69 Å². The number of allylic oxidation sites excluding steroid dienone is 1. The minimum atomic E-state index is -4.51. The molecule has 1 saturated carbocycles. The van der Waals surface area contributed by atoms with E-state index in [1.165, 1.54) is 0 Å². The van der Waals surface area contributed by atoms with Crippen molar-refractivity contribution in [2.75, 3.05) is 36.5 Å². The summed E-state index contributed by atoms with van der Waals surface area (Å²) in [6.07, 6.45) is 1.91. The van der Waals surface area contributed by atoms with Gasteiger partial charge in [0.05, 0.1) is 18.8 Å². The van der Waals surface area contributed by atoms with Crippen LogP contribution in [0.5, 0.6) is 0 Å². The normalized spacial score (nSPS) is 30.5. The van der Waals surface area contributed by atoms with E-state index in [0.29, 0.717) is 25.5 Å². The number of piperidine rings is 1. The summed E-state index contributed by atoms with van der Waals surface area (Å²) >= 11 is 1.59. The number of halogens is 3. The summed E-state index contributed by atoms with van der Waals surface area (Å²) in [6.45, 7) is 3.86. The van der Waals surface area contributed by atoms with Crippen molar-refractivity contribution in [1.82, 2.24) is 15.0 Å². The molecule has 6 nitrogen and oxygen atoms in total. The van der Waals surface area contributed by atoms with Crippen molar-refractivity contribution in [2.24, 2.45) is 11.8 Å². The first-order valence-corrected chi connectivity index (χ1v) is 10.8. The molecule has 2 aromatic rings. The minimum absolute atomic E-state index is 0.151. The van der Waals surface area contributed by atoms with Crippen molar-refractivity contribution in [3.8, 4) is 0 Å². The standard InChI is InChI=1S/C20H22F3N5OS/c1-12-3-6-28(12)18-25-15(20(21,22)23)9-16(26-18)27-10-14-13(4-7-29-2)19(14,11-27)17-24-5-8-30-17/h4-5,7-9,12-14H,3,6,10-11H2,1-2H3/b7-4+/t12-,13?,14?,19?/m0/s1. The lowest BCUT2D eigenvalue weighted by Crippen LogP contribution is -2.47. The highest BCUT2D eigenvalue weighted by atomic mass is 32.1. The molecule has 0 radical (unpaired) electrons. The van der Waals surface area contributed by atoms with Crippen LogP contribution in [0.3, 0.4) is 0 Å². The number of hydrogen-bond acceptors (Lipinski definition) is 7. The lowest BCUT2D eigenvalue weighted by molar-refractivity contribution is -0.141. The molecule has 30 heavy (non-hydrogen) atoms. The van der Waals surface area contributed by atoms with Crippen LogP contribution in [0.2, 0.25) is 0 Å². The summed E-state index contributed by atoms with van der Waals surface area (Å²) in [5.41, 5.74) is -1.09. The molecule has 2 aliphatic heterocycles. The zero-order chi connectivity index (χ0) is 21.1. The quantitative estimate of drug-likeness (QED) is 0.665. The molecule has 4 heterocycles. The van der Waals surface area contributed by atoms with Gasteiger partial charge in [-0.25, -0.2) is 9.97 Å². The second-order valence-corrected chi connectivity index (χ2v) is 9.09. The first-order valence-electron chi connectivity index (χ1n) is 9.92. The van der Waals surface area contributed by atoms with Gasteiger partial charge in [0.2, 0.25) is 5.95 Å². The van der Waals surface area contributed by atoms with Gasteiger partial charge in [-0.05, 0) is 31.3 Å². The molecular weight excluding hydrogens is 415 g/mol. The monoisotopic (exact) mass is 437 g/mol. The van der Waals surface area contributed by atoms with Crippen molar-refractivity contribution in [1.29, 1.82) is 0 Å².